The molecule has 0 spiro atoms. The van der Waals surface area contributed by atoms with Gasteiger partial charge in [-0.25, -0.2) is 9.78 Å². The first-order valence-corrected chi connectivity index (χ1v) is 9.43. The molecule has 0 saturated carbocycles. The molecule has 1 aromatic carbocycles. The van der Waals surface area contributed by atoms with Gasteiger partial charge in [0.1, 0.15) is 10.8 Å². The Balaban J connectivity index is 1.84. The van der Waals surface area contributed by atoms with Crippen LogP contribution in [0.3, 0.4) is 0 Å². The van der Waals surface area contributed by atoms with Crippen molar-refractivity contribution < 1.29 is 19.1 Å². The Bertz CT molecular complexity index is 867. The summed E-state index contributed by atoms with van der Waals surface area (Å²) in [6, 6.07) is 7.55. The molecule has 0 saturated heterocycles. The standard InChI is InChI=1S/C20H22N2O4S/c1-12(2)16-6-5-15(7-13(16)3)25-10-19(24)26-9-18(23)17(8-21)20-22-14(4)11-27-20/h5-7,11-12,17H,9-10H2,1-4H3. The van der Waals surface area contributed by atoms with E-state index in [1.807, 2.05) is 25.1 Å². The molecule has 0 N–H and O–H groups in total. The van der Waals surface area contributed by atoms with Crippen LogP contribution in [0.15, 0.2) is 23.6 Å². The van der Waals surface area contributed by atoms with E-state index in [0.717, 1.165) is 11.3 Å². The highest BCUT2D eigenvalue weighted by molar-refractivity contribution is 7.09. The quantitative estimate of drug-likeness (QED) is 0.643. The molecule has 0 amide bonds. The first-order valence-electron chi connectivity index (χ1n) is 8.55. The van der Waals surface area contributed by atoms with Crippen molar-refractivity contribution in [3.8, 4) is 11.8 Å². The molecule has 0 aliphatic heterocycles. The molecule has 0 bridgehead atoms. The zero-order valence-electron chi connectivity index (χ0n) is 15.8. The van der Waals surface area contributed by atoms with Gasteiger partial charge in [0.15, 0.2) is 24.9 Å². The van der Waals surface area contributed by atoms with Gasteiger partial charge in [-0.05, 0) is 43.0 Å². The normalized spacial score (nSPS) is 11.7. The molecule has 2 rings (SSSR count). The van der Waals surface area contributed by atoms with Gasteiger partial charge in [-0.1, -0.05) is 19.9 Å². The average Bonchev–Trinajstić information content (AvgIpc) is 3.04. The minimum absolute atomic E-state index is 0.304. The highest BCUT2D eigenvalue weighted by Gasteiger charge is 2.24. The maximum Gasteiger partial charge on any atom is 0.344 e. The minimum atomic E-state index is -1.02. The lowest BCUT2D eigenvalue weighted by molar-refractivity contribution is -0.150. The molecule has 0 aliphatic rings. The minimum Gasteiger partial charge on any atom is -0.482 e. The molecule has 1 heterocycles. The monoisotopic (exact) mass is 386 g/mol. The molecule has 1 atom stereocenters. The van der Waals surface area contributed by atoms with Crippen LogP contribution in [-0.4, -0.2) is 30.0 Å². The number of nitrogens with zero attached hydrogens (tertiary/aromatic N) is 2. The van der Waals surface area contributed by atoms with E-state index in [-0.39, 0.29) is 6.61 Å². The number of nitriles is 1. The number of hydrogen-bond donors (Lipinski definition) is 0. The Labute approximate surface area is 162 Å². The maximum absolute atomic E-state index is 12.1. The molecular weight excluding hydrogens is 364 g/mol. The van der Waals surface area contributed by atoms with E-state index < -0.39 is 24.3 Å². The van der Waals surface area contributed by atoms with Gasteiger partial charge in [0, 0.05) is 11.1 Å². The lowest BCUT2D eigenvalue weighted by Gasteiger charge is -2.12. The van der Waals surface area contributed by atoms with E-state index in [2.05, 4.69) is 18.8 Å². The van der Waals surface area contributed by atoms with E-state index in [4.69, 9.17) is 9.47 Å². The Morgan fingerprint density at radius 1 is 1.26 bits per heavy atom. The summed E-state index contributed by atoms with van der Waals surface area (Å²) in [5.41, 5.74) is 3.05. The highest BCUT2D eigenvalue weighted by atomic mass is 32.1. The average molecular weight is 386 g/mol. The summed E-state index contributed by atoms with van der Waals surface area (Å²) in [5, 5.41) is 11.4. The van der Waals surface area contributed by atoms with Crippen molar-refractivity contribution in [2.24, 2.45) is 0 Å². The lowest BCUT2D eigenvalue weighted by Crippen LogP contribution is -2.22. The molecule has 6 nitrogen and oxygen atoms in total. The van der Waals surface area contributed by atoms with Crippen molar-refractivity contribution in [2.75, 3.05) is 13.2 Å². The molecule has 2 aromatic rings. The lowest BCUT2D eigenvalue weighted by atomic mass is 9.98. The summed E-state index contributed by atoms with van der Waals surface area (Å²) < 4.78 is 10.4. The zero-order valence-corrected chi connectivity index (χ0v) is 16.6. The molecule has 1 unspecified atom stereocenters. The number of thiazole rings is 1. The van der Waals surface area contributed by atoms with Crippen molar-refractivity contribution in [3.63, 3.8) is 0 Å². The maximum atomic E-state index is 12.1. The Kier molecular flexibility index (Phi) is 7.08. The fourth-order valence-corrected chi connectivity index (χ4v) is 3.44. The number of esters is 1. The Hall–Kier alpha value is -2.72. The van der Waals surface area contributed by atoms with Crippen LogP contribution >= 0.6 is 11.3 Å². The third-order valence-electron chi connectivity index (χ3n) is 3.93. The SMILES string of the molecule is Cc1csc(C(C#N)C(=O)COC(=O)COc2ccc(C(C)C)c(C)c2)n1. The summed E-state index contributed by atoms with van der Waals surface area (Å²) in [7, 11) is 0. The number of ether oxygens (including phenoxy) is 2. The largest absolute Gasteiger partial charge is 0.482 e. The van der Waals surface area contributed by atoms with E-state index in [0.29, 0.717) is 16.7 Å². The predicted octanol–water partition coefficient (Wildman–Crippen LogP) is 3.68. The van der Waals surface area contributed by atoms with Crippen molar-refractivity contribution in [1.29, 1.82) is 5.26 Å². The summed E-state index contributed by atoms with van der Waals surface area (Å²) in [6.07, 6.45) is 0. The van der Waals surface area contributed by atoms with Crippen LogP contribution in [0.2, 0.25) is 0 Å². The van der Waals surface area contributed by atoms with Gasteiger partial charge >= 0.3 is 5.97 Å². The van der Waals surface area contributed by atoms with Gasteiger partial charge in [0.2, 0.25) is 0 Å². The van der Waals surface area contributed by atoms with Crippen LogP contribution < -0.4 is 4.74 Å². The molecule has 7 heteroatoms. The van der Waals surface area contributed by atoms with Gasteiger partial charge in [0.05, 0.1) is 6.07 Å². The van der Waals surface area contributed by atoms with Crippen LogP contribution in [-0.2, 0) is 14.3 Å². The van der Waals surface area contributed by atoms with E-state index in [1.54, 1.807) is 18.4 Å². The van der Waals surface area contributed by atoms with Crippen molar-refractivity contribution in [3.05, 3.63) is 45.4 Å². The molecule has 0 fully saturated rings. The van der Waals surface area contributed by atoms with Gasteiger partial charge < -0.3 is 9.47 Å². The summed E-state index contributed by atoms with van der Waals surface area (Å²) >= 11 is 1.24. The number of carbonyl (C=O) groups excluding carboxylic acids is 2. The zero-order chi connectivity index (χ0) is 20.0. The topological polar surface area (TPSA) is 89.3 Å². The molecule has 1 aromatic heterocycles. The third kappa shape index (κ3) is 5.63. The number of rotatable bonds is 8. The van der Waals surface area contributed by atoms with Crippen LogP contribution in [0, 0.1) is 25.2 Å². The second kappa shape index (κ2) is 9.28. The third-order valence-corrected chi connectivity index (χ3v) is 4.96. The number of carbonyl (C=O) groups is 2. The Morgan fingerprint density at radius 3 is 2.56 bits per heavy atom. The highest BCUT2D eigenvalue weighted by Crippen LogP contribution is 2.23. The van der Waals surface area contributed by atoms with Crippen LogP contribution in [0.25, 0.3) is 0 Å². The predicted molar refractivity (Wildman–Crippen MR) is 102 cm³/mol. The fourth-order valence-electron chi connectivity index (χ4n) is 2.57. The number of hydrogen-bond acceptors (Lipinski definition) is 7. The van der Waals surface area contributed by atoms with Crippen molar-refractivity contribution >= 4 is 23.1 Å². The summed E-state index contributed by atoms with van der Waals surface area (Å²) in [5.74, 6) is -1.22. The van der Waals surface area contributed by atoms with E-state index >= 15 is 0 Å². The summed E-state index contributed by atoms with van der Waals surface area (Å²) in [4.78, 5) is 28.1. The molecule has 27 heavy (non-hydrogen) atoms. The molecular formula is C20H22N2O4S. The first kappa shape index (κ1) is 20.6. The van der Waals surface area contributed by atoms with Gasteiger partial charge in [0.25, 0.3) is 0 Å². The van der Waals surface area contributed by atoms with E-state index in [9.17, 15) is 14.9 Å². The van der Waals surface area contributed by atoms with Crippen molar-refractivity contribution in [1.82, 2.24) is 4.98 Å². The van der Waals surface area contributed by atoms with E-state index in [1.165, 1.54) is 16.9 Å². The number of ketones is 1. The van der Waals surface area contributed by atoms with Crippen molar-refractivity contribution in [2.45, 2.75) is 39.5 Å². The first-order chi connectivity index (χ1) is 12.8. The Morgan fingerprint density at radius 2 is 2.00 bits per heavy atom. The van der Waals surface area contributed by atoms with Crippen LogP contribution in [0.4, 0.5) is 0 Å². The molecule has 142 valence electrons. The van der Waals surface area contributed by atoms with Gasteiger partial charge in [-0.2, -0.15) is 5.26 Å². The number of aromatic nitrogens is 1. The number of benzene rings is 1. The molecule has 0 radical (unpaired) electrons. The van der Waals surface area contributed by atoms with Crippen LogP contribution in [0.5, 0.6) is 5.75 Å². The summed E-state index contributed by atoms with van der Waals surface area (Å²) in [6.45, 7) is 7.20. The number of aryl methyl sites for hydroxylation is 2. The fraction of sp³-hybridized carbons (Fsp3) is 0.400. The van der Waals surface area contributed by atoms with Gasteiger partial charge in [-0.3, -0.25) is 4.79 Å². The van der Waals surface area contributed by atoms with Gasteiger partial charge in [-0.15, -0.1) is 11.3 Å². The smallest absolute Gasteiger partial charge is 0.344 e. The second-order valence-corrected chi connectivity index (χ2v) is 7.37. The second-order valence-electron chi connectivity index (χ2n) is 6.48. The van der Waals surface area contributed by atoms with Crippen LogP contribution in [0.1, 0.15) is 47.5 Å². The number of Topliss-reactive ketones (excluding diaryl/α,β-unsaturated/α-hetero) is 1. The molecule has 0 aliphatic carbocycles.